The first-order chi connectivity index (χ1) is 14.5. The van der Waals surface area contributed by atoms with Gasteiger partial charge in [0.2, 0.25) is 5.91 Å². The maximum Gasteiger partial charge on any atom is 0.328 e. The van der Waals surface area contributed by atoms with Gasteiger partial charge in [0.15, 0.2) is 0 Å². The average molecular weight is 445 g/mol. The van der Waals surface area contributed by atoms with Crippen LogP contribution in [0.4, 0.5) is 0 Å². The molecule has 0 aliphatic rings. The normalized spacial score (nSPS) is 12.2. The van der Waals surface area contributed by atoms with Crippen LogP contribution in [0.15, 0.2) is 0 Å². The third-order valence-corrected chi connectivity index (χ3v) is 5.76. The molecule has 0 saturated carbocycles. The largest absolute Gasteiger partial charge is 0.467 e. The molecule has 0 aliphatic heterocycles. The Balaban J connectivity index is 3.38. The van der Waals surface area contributed by atoms with Gasteiger partial charge in [-0.25, -0.2) is 4.79 Å². The van der Waals surface area contributed by atoms with E-state index in [1.54, 1.807) is 0 Å². The zero-order valence-corrected chi connectivity index (χ0v) is 20.8. The Morgan fingerprint density at radius 1 is 0.800 bits per heavy atom. The van der Waals surface area contributed by atoms with Crippen molar-refractivity contribution < 1.29 is 14.3 Å². The van der Waals surface area contributed by atoms with Gasteiger partial charge in [-0.2, -0.15) is 12.6 Å². The van der Waals surface area contributed by atoms with Gasteiger partial charge in [-0.1, -0.05) is 77.0 Å². The van der Waals surface area contributed by atoms with Gasteiger partial charge in [0, 0.05) is 6.42 Å². The predicted octanol–water partition coefficient (Wildman–Crippen LogP) is 5.38. The molecule has 1 N–H and O–H groups in total. The summed E-state index contributed by atoms with van der Waals surface area (Å²) in [4.78, 5) is 25.8. The van der Waals surface area contributed by atoms with Gasteiger partial charge in [-0.05, 0) is 45.7 Å². The number of amides is 1. The van der Waals surface area contributed by atoms with Gasteiger partial charge in [0.1, 0.15) is 6.04 Å². The molecule has 6 heteroatoms. The van der Waals surface area contributed by atoms with E-state index in [-0.39, 0.29) is 5.91 Å². The van der Waals surface area contributed by atoms with Crippen molar-refractivity contribution in [3.8, 4) is 0 Å². The molecule has 1 unspecified atom stereocenters. The first-order valence-electron chi connectivity index (χ1n) is 12.1. The number of nitrogens with one attached hydrogen (secondary N) is 1. The van der Waals surface area contributed by atoms with Crippen LogP contribution in [0, 0.1) is 0 Å². The predicted molar refractivity (Wildman–Crippen MR) is 130 cm³/mol. The minimum Gasteiger partial charge on any atom is -0.467 e. The van der Waals surface area contributed by atoms with E-state index >= 15 is 0 Å². The van der Waals surface area contributed by atoms with Gasteiger partial charge in [-0.3, -0.25) is 4.79 Å². The average Bonchev–Trinajstić information content (AvgIpc) is 2.72. The molecule has 178 valence electrons. The molecular formula is C24H48N2O3S. The fraction of sp³-hybridized carbons (Fsp3) is 0.917. The molecule has 30 heavy (non-hydrogen) atoms. The lowest BCUT2D eigenvalue weighted by Crippen LogP contribution is -2.41. The number of carbonyl (C=O) groups is 2. The van der Waals surface area contributed by atoms with Crippen LogP contribution >= 0.6 is 12.6 Å². The summed E-state index contributed by atoms with van der Waals surface area (Å²) in [5, 5.41) is 2.76. The minimum absolute atomic E-state index is 0.0649. The van der Waals surface area contributed by atoms with Crippen molar-refractivity contribution in [3.05, 3.63) is 0 Å². The quantitative estimate of drug-likeness (QED) is 0.142. The van der Waals surface area contributed by atoms with Crippen molar-refractivity contribution in [2.75, 3.05) is 33.5 Å². The standard InChI is InChI=1S/C24H48N2O3S/c1-26(2)20-17-15-13-11-9-7-5-4-6-8-10-12-14-16-18-23(27)25-22(19-21-30)24(28)29-3/h22,30H,4-21H2,1-3H3,(H,25,27). The molecule has 0 saturated heterocycles. The topological polar surface area (TPSA) is 58.6 Å². The third-order valence-electron chi connectivity index (χ3n) is 5.50. The number of hydrogen-bond acceptors (Lipinski definition) is 5. The first kappa shape index (κ1) is 29.2. The third kappa shape index (κ3) is 19.2. The monoisotopic (exact) mass is 444 g/mol. The maximum atomic E-state index is 12.0. The number of unbranched alkanes of at least 4 members (excludes halogenated alkanes) is 13. The Labute approximate surface area is 191 Å². The highest BCUT2D eigenvalue weighted by molar-refractivity contribution is 7.80. The number of rotatable bonds is 21. The zero-order valence-electron chi connectivity index (χ0n) is 19.9. The lowest BCUT2D eigenvalue weighted by molar-refractivity contribution is -0.145. The van der Waals surface area contributed by atoms with E-state index in [0.29, 0.717) is 18.6 Å². The summed E-state index contributed by atoms with van der Waals surface area (Å²) in [6.07, 6.45) is 19.1. The number of nitrogens with zero attached hydrogens (tertiary/aromatic N) is 1. The molecule has 0 bridgehead atoms. The molecule has 0 rings (SSSR count). The first-order valence-corrected chi connectivity index (χ1v) is 12.8. The van der Waals surface area contributed by atoms with E-state index in [1.807, 2.05) is 0 Å². The molecule has 0 aromatic rings. The molecule has 0 aromatic carbocycles. The molecule has 0 aromatic heterocycles. The summed E-state index contributed by atoms with van der Waals surface area (Å²) in [7, 11) is 5.64. The second-order valence-electron chi connectivity index (χ2n) is 8.66. The van der Waals surface area contributed by atoms with Gasteiger partial charge in [-0.15, -0.1) is 0 Å². The fourth-order valence-electron chi connectivity index (χ4n) is 3.62. The summed E-state index contributed by atoms with van der Waals surface area (Å²) in [5.74, 6) is 0.0826. The number of esters is 1. The van der Waals surface area contributed by atoms with Crippen LogP contribution in [-0.4, -0.2) is 56.3 Å². The molecular weight excluding hydrogens is 396 g/mol. The van der Waals surface area contributed by atoms with Crippen molar-refractivity contribution >= 4 is 24.5 Å². The van der Waals surface area contributed by atoms with E-state index in [1.165, 1.54) is 90.7 Å². The summed E-state index contributed by atoms with van der Waals surface area (Å²) in [6, 6.07) is -0.567. The summed E-state index contributed by atoms with van der Waals surface area (Å²) in [6.45, 7) is 1.22. The highest BCUT2D eigenvalue weighted by Crippen LogP contribution is 2.13. The van der Waals surface area contributed by atoms with E-state index in [2.05, 4.69) is 36.9 Å². The second kappa shape index (κ2) is 21.5. The molecule has 5 nitrogen and oxygen atoms in total. The Hall–Kier alpha value is -0.750. The van der Waals surface area contributed by atoms with Crippen LogP contribution in [0.5, 0.6) is 0 Å². The van der Waals surface area contributed by atoms with E-state index in [0.717, 1.165) is 12.8 Å². The molecule has 0 spiro atoms. The Kier molecular flexibility index (Phi) is 20.9. The number of methoxy groups -OCH3 is 1. The van der Waals surface area contributed by atoms with Gasteiger partial charge in [0.05, 0.1) is 7.11 Å². The van der Waals surface area contributed by atoms with E-state index in [4.69, 9.17) is 4.74 Å². The van der Waals surface area contributed by atoms with Crippen molar-refractivity contribution in [1.29, 1.82) is 0 Å². The molecule has 1 atom stereocenters. The number of hydrogen-bond donors (Lipinski definition) is 2. The Morgan fingerprint density at radius 2 is 1.23 bits per heavy atom. The van der Waals surface area contributed by atoms with E-state index < -0.39 is 12.0 Å². The maximum absolute atomic E-state index is 12.0. The highest BCUT2D eigenvalue weighted by atomic mass is 32.1. The van der Waals surface area contributed by atoms with Crippen molar-refractivity contribution in [3.63, 3.8) is 0 Å². The van der Waals surface area contributed by atoms with Crippen LogP contribution in [0.2, 0.25) is 0 Å². The summed E-state index contributed by atoms with van der Waals surface area (Å²) < 4.78 is 4.71. The van der Waals surface area contributed by atoms with Crippen LogP contribution in [0.25, 0.3) is 0 Å². The zero-order chi connectivity index (χ0) is 22.5. The summed E-state index contributed by atoms with van der Waals surface area (Å²) in [5.41, 5.74) is 0. The Bertz CT molecular complexity index is 419. The van der Waals surface area contributed by atoms with Gasteiger partial charge in [0.25, 0.3) is 0 Å². The van der Waals surface area contributed by atoms with Crippen LogP contribution in [0.3, 0.4) is 0 Å². The van der Waals surface area contributed by atoms with Crippen molar-refractivity contribution in [1.82, 2.24) is 10.2 Å². The molecule has 1 amide bonds. The summed E-state index contributed by atoms with van der Waals surface area (Å²) >= 11 is 4.13. The fourth-order valence-corrected chi connectivity index (χ4v) is 3.88. The lowest BCUT2D eigenvalue weighted by Gasteiger charge is -2.15. The molecule has 0 aliphatic carbocycles. The van der Waals surface area contributed by atoms with Crippen LogP contribution in [0.1, 0.15) is 103 Å². The van der Waals surface area contributed by atoms with Gasteiger partial charge >= 0.3 is 5.97 Å². The molecule has 0 radical (unpaired) electrons. The SMILES string of the molecule is COC(=O)C(CCS)NC(=O)CCCCCCCCCCCCCCCCN(C)C. The van der Waals surface area contributed by atoms with Crippen molar-refractivity contribution in [2.24, 2.45) is 0 Å². The van der Waals surface area contributed by atoms with Crippen LogP contribution in [-0.2, 0) is 14.3 Å². The van der Waals surface area contributed by atoms with E-state index in [9.17, 15) is 9.59 Å². The lowest BCUT2D eigenvalue weighted by atomic mass is 10.0. The van der Waals surface area contributed by atoms with Gasteiger partial charge < -0.3 is 15.0 Å². The highest BCUT2D eigenvalue weighted by Gasteiger charge is 2.20. The number of ether oxygens (including phenoxy) is 1. The second-order valence-corrected chi connectivity index (χ2v) is 9.11. The van der Waals surface area contributed by atoms with Crippen molar-refractivity contribution in [2.45, 2.75) is 109 Å². The number of thiol groups is 1. The molecule has 0 fully saturated rings. The molecule has 0 heterocycles. The Morgan fingerprint density at radius 3 is 1.63 bits per heavy atom. The smallest absolute Gasteiger partial charge is 0.328 e. The van der Waals surface area contributed by atoms with Crippen LogP contribution < -0.4 is 5.32 Å². The number of carbonyl (C=O) groups excluding carboxylic acids is 2. The minimum atomic E-state index is -0.567.